The van der Waals surface area contributed by atoms with Gasteiger partial charge in [-0.2, -0.15) is 0 Å². The molecule has 3 aliphatic heterocycles. The van der Waals surface area contributed by atoms with Crippen LogP contribution in [0.2, 0.25) is 0 Å². The number of carboxylic acids is 1. The highest BCUT2D eigenvalue weighted by Crippen LogP contribution is 2.76. The first-order valence-electron chi connectivity index (χ1n) is 27.3. The van der Waals surface area contributed by atoms with Gasteiger partial charge in [0.2, 0.25) is 0 Å². The van der Waals surface area contributed by atoms with E-state index in [2.05, 4.69) is 40.7 Å². The van der Waals surface area contributed by atoms with Crippen LogP contribution in [0.4, 0.5) is 0 Å². The molecule has 4 saturated carbocycles. The molecule has 76 heavy (non-hydrogen) atoms. The van der Waals surface area contributed by atoms with Crippen molar-refractivity contribution in [3.8, 4) is 0 Å². The van der Waals surface area contributed by atoms with Crippen LogP contribution in [0.25, 0.3) is 0 Å². The number of aliphatic hydroxyl groups is 10. The summed E-state index contributed by atoms with van der Waals surface area (Å²) in [5, 5.41) is 121. The highest BCUT2D eigenvalue weighted by Gasteiger charge is 2.74. The van der Waals surface area contributed by atoms with Crippen molar-refractivity contribution in [2.24, 2.45) is 56.2 Å². The van der Waals surface area contributed by atoms with Crippen molar-refractivity contribution < 1.29 is 108 Å². The zero-order valence-electron chi connectivity index (χ0n) is 45.5. The molecule has 26 atom stereocenters. The summed E-state index contributed by atoms with van der Waals surface area (Å²) < 4.78 is 48.8. The van der Waals surface area contributed by atoms with Gasteiger partial charge in [-0.25, -0.2) is 4.79 Å². The molecule has 0 bridgehead atoms. The molecule has 7 fully saturated rings. The third kappa shape index (κ3) is 9.49. The highest BCUT2D eigenvalue weighted by molar-refractivity contribution is 5.73. The molecule has 0 amide bonds. The van der Waals surface area contributed by atoms with Gasteiger partial charge in [0.15, 0.2) is 25.0 Å². The molecule has 11 N–H and O–H groups in total. The van der Waals surface area contributed by atoms with E-state index in [0.717, 1.165) is 5.57 Å². The summed E-state index contributed by atoms with van der Waals surface area (Å²) in [6.45, 7) is 17.9. The average Bonchev–Trinajstić information content (AvgIpc) is 3.34. The van der Waals surface area contributed by atoms with E-state index < -0.39 is 187 Å². The van der Waals surface area contributed by atoms with E-state index in [0.29, 0.717) is 44.9 Å². The third-order valence-electron chi connectivity index (χ3n) is 20.8. The van der Waals surface area contributed by atoms with E-state index in [9.17, 15) is 70.6 Å². The summed E-state index contributed by atoms with van der Waals surface area (Å²) in [7, 11) is 0. The monoisotopic (exact) mass is 1090 g/mol. The van der Waals surface area contributed by atoms with E-state index in [-0.39, 0.29) is 23.7 Å². The smallest absolute Gasteiger partial charge is 0.335 e. The minimum Gasteiger partial charge on any atom is -0.479 e. The van der Waals surface area contributed by atoms with Crippen molar-refractivity contribution in [3.05, 3.63) is 11.6 Å². The summed E-state index contributed by atoms with van der Waals surface area (Å²) in [5.41, 5.74) is -3.16. The van der Waals surface area contributed by atoms with Gasteiger partial charge in [-0.3, -0.25) is 9.59 Å². The number of ether oxygens (including phenoxy) is 8. The standard InChI is InChI=1S/C54H86O22/c1-11-23(2)45(68)76-43-42(70-24(3)57)49(4,5)18-26-25-12-13-30-51(8)16-15-32(50(6,7)29(51)14-17-52(30,9)53(25,10)19-31(59)54(26,43)22-56)72-48-41(75-47-37(64)35(62)34(61)28(20-55)71-47)39(38(65)40(74-48)44(66)67)73-46-36(63)33(60)27(58)21-69-46/h12,23,26-43,46-48,55-56,58-65H,11,13-22H2,1-10H3,(H,66,67)/t23-,26+,27+,28-,29+,30-,31-,32+,33+,34-,35+,36-,37-,38+,39+,40+,41-,42+,43+,46+,47+,48-,51+,52-,53-,54+/m1/s1. The maximum Gasteiger partial charge on any atom is 0.335 e. The number of hydrogen-bond donors (Lipinski definition) is 11. The van der Waals surface area contributed by atoms with Crippen LogP contribution in [-0.2, 0) is 52.3 Å². The average molecular weight is 1090 g/mol. The zero-order chi connectivity index (χ0) is 56.2. The van der Waals surface area contributed by atoms with Crippen LogP contribution >= 0.6 is 0 Å². The van der Waals surface area contributed by atoms with Gasteiger partial charge in [-0.05, 0) is 90.8 Å². The fourth-order valence-corrected chi connectivity index (χ4v) is 16.0. The molecule has 3 heterocycles. The Kier molecular flexibility index (Phi) is 16.8. The summed E-state index contributed by atoms with van der Waals surface area (Å²) in [4.78, 5) is 39.3. The summed E-state index contributed by atoms with van der Waals surface area (Å²) in [6, 6.07) is 0. The predicted octanol–water partition coefficient (Wildman–Crippen LogP) is 0.426. The Morgan fingerprint density at radius 2 is 1.39 bits per heavy atom. The van der Waals surface area contributed by atoms with Crippen LogP contribution in [-0.4, -0.2) is 204 Å². The SMILES string of the molecule is CC[C@@H](C)C(=O)O[C@H]1[C@H](OC(C)=O)C(C)(C)C[C@H]2C3=CC[C@@H]4[C@@]5(C)CC[C@H](O[C@@H]6O[C@H](C(=O)O)[C@@H](O)[C@H](O[C@@H]7OC[C@H](O)[C@H](O)[C@H]7O)[C@H]6O[C@@H]6O[C@H](CO)[C@@H](O)[C@H](O)[C@H]6O)C(C)(C)[C@@H]5CC[C@@]4(C)[C@]3(C)C[C@@H](O)[C@]21CO. The lowest BCUT2D eigenvalue weighted by molar-refractivity contribution is -0.392. The summed E-state index contributed by atoms with van der Waals surface area (Å²) >= 11 is 0. The Hall–Kier alpha value is -2.49. The zero-order valence-corrected chi connectivity index (χ0v) is 45.5. The molecule has 22 heteroatoms. The van der Waals surface area contributed by atoms with Crippen LogP contribution in [0.15, 0.2) is 11.6 Å². The Morgan fingerprint density at radius 1 is 0.737 bits per heavy atom. The minimum absolute atomic E-state index is 0.0410. The van der Waals surface area contributed by atoms with Crippen LogP contribution in [0.3, 0.4) is 0 Å². The van der Waals surface area contributed by atoms with Crippen molar-refractivity contribution in [2.75, 3.05) is 19.8 Å². The number of carbonyl (C=O) groups excluding carboxylic acids is 2. The van der Waals surface area contributed by atoms with E-state index >= 15 is 0 Å². The molecule has 22 nitrogen and oxygen atoms in total. The molecule has 0 aromatic carbocycles. The molecule has 0 aromatic rings. The van der Waals surface area contributed by atoms with Crippen LogP contribution in [0.5, 0.6) is 0 Å². The van der Waals surface area contributed by atoms with Crippen molar-refractivity contribution in [3.63, 3.8) is 0 Å². The fourth-order valence-electron chi connectivity index (χ4n) is 16.0. The van der Waals surface area contributed by atoms with Gasteiger partial charge in [0.25, 0.3) is 0 Å². The normalized spacial score (nSPS) is 50.1. The van der Waals surface area contributed by atoms with E-state index in [1.54, 1.807) is 6.92 Å². The number of aliphatic hydroxyl groups excluding tert-OH is 10. The maximum absolute atomic E-state index is 13.7. The maximum atomic E-state index is 13.7. The predicted molar refractivity (Wildman–Crippen MR) is 262 cm³/mol. The molecule has 434 valence electrons. The Morgan fingerprint density at radius 3 is 2.01 bits per heavy atom. The lowest BCUT2D eigenvalue weighted by atomic mass is 9.33. The third-order valence-corrected chi connectivity index (χ3v) is 20.8. The molecule has 0 spiro atoms. The van der Waals surface area contributed by atoms with Gasteiger partial charge in [0, 0.05) is 12.3 Å². The number of carbonyl (C=O) groups is 3. The molecule has 8 aliphatic rings. The van der Waals surface area contributed by atoms with Crippen molar-refractivity contribution in [1.82, 2.24) is 0 Å². The van der Waals surface area contributed by atoms with Crippen molar-refractivity contribution in [2.45, 2.75) is 231 Å². The van der Waals surface area contributed by atoms with E-state index in [1.807, 2.05) is 20.8 Å². The van der Waals surface area contributed by atoms with Gasteiger partial charge < -0.3 is 94.1 Å². The van der Waals surface area contributed by atoms with Crippen LogP contribution < -0.4 is 0 Å². The van der Waals surface area contributed by atoms with Gasteiger partial charge in [0.05, 0.1) is 43.4 Å². The van der Waals surface area contributed by atoms with Gasteiger partial charge in [-0.15, -0.1) is 0 Å². The first kappa shape index (κ1) is 59.6. The largest absolute Gasteiger partial charge is 0.479 e. The number of rotatable bonds is 13. The van der Waals surface area contributed by atoms with Gasteiger partial charge in [-0.1, -0.05) is 74.0 Å². The van der Waals surface area contributed by atoms with Crippen molar-refractivity contribution in [1.29, 1.82) is 0 Å². The number of allylic oxidation sites excluding steroid dienone is 2. The van der Waals surface area contributed by atoms with E-state index in [4.69, 9.17) is 37.9 Å². The Balaban J connectivity index is 1.12. The second kappa shape index (κ2) is 21.4. The van der Waals surface area contributed by atoms with Gasteiger partial charge in [0.1, 0.15) is 73.2 Å². The lowest BCUT2D eigenvalue weighted by Gasteiger charge is -2.72. The fraction of sp³-hybridized carbons (Fsp3) is 0.907. The first-order valence-corrected chi connectivity index (χ1v) is 27.3. The van der Waals surface area contributed by atoms with Gasteiger partial charge >= 0.3 is 17.9 Å². The number of hydrogen-bond acceptors (Lipinski definition) is 21. The lowest BCUT2D eigenvalue weighted by Crippen LogP contribution is -2.72. The number of aliphatic carboxylic acids is 1. The van der Waals surface area contributed by atoms with Crippen LogP contribution in [0.1, 0.15) is 121 Å². The molecule has 0 aromatic heterocycles. The molecule has 3 saturated heterocycles. The summed E-state index contributed by atoms with van der Waals surface area (Å²) in [5.74, 6) is -3.64. The number of carboxylic acid groups (broad SMARTS) is 1. The minimum atomic E-state index is -2.10. The van der Waals surface area contributed by atoms with Crippen molar-refractivity contribution >= 4 is 17.9 Å². The first-order chi connectivity index (χ1) is 35.4. The molecular formula is C54H86O22. The molecule has 8 rings (SSSR count). The second-order valence-electron chi connectivity index (χ2n) is 25.6. The summed E-state index contributed by atoms with van der Waals surface area (Å²) in [6.07, 6.45) is -22.9. The molecule has 5 aliphatic carbocycles. The second-order valence-corrected chi connectivity index (χ2v) is 25.6. The van der Waals surface area contributed by atoms with E-state index in [1.165, 1.54) is 6.92 Å². The Labute approximate surface area is 443 Å². The Bertz CT molecular complexity index is 2150. The van der Waals surface area contributed by atoms with Crippen LogP contribution in [0, 0.1) is 56.2 Å². The number of esters is 2. The quantitative estimate of drug-likeness (QED) is 0.0677. The molecule has 0 radical (unpaired) electrons. The topological polar surface area (TPSA) is 348 Å². The number of fused-ring (bicyclic) bond motifs is 7. The highest BCUT2D eigenvalue weighted by atomic mass is 16.8. The molecular weight excluding hydrogens is 1000 g/mol. The molecule has 0 unspecified atom stereocenters.